The maximum atomic E-state index is 13.1. The summed E-state index contributed by atoms with van der Waals surface area (Å²) in [5.41, 5.74) is 4.31. The van der Waals surface area contributed by atoms with Crippen molar-refractivity contribution in [2.24, 2.45) is 0 Å². The van der Waals surface area contributed by atoms with Crippen LogP contribution in [0.15, 0.2) is 60.9 Å². The summed E-state index contributed by atoms with van der Waals surface area (Å²) < 4.78 is 0. The molecule has 162 valence electrons. The fraction of sp³-hybridized carbons (Fsp3) is 0.200. The number of H-pyrrole nitrogens is 1. The zero-order chi connectivity index (χ0) is 22.3. The lowest BCUT2D eigenvalue weighted by Crippen LogP contribution is -2.28. The number of hydrogen-bond acceptors (Lipinski definition) is 5. The van der Waals surface area contributed by atoms with Gasteiger partial charge in [0, 0.05) is 46.8 Å². The van der Waals surface area contributed by atoms with Crippen molar-refractivity contribution >= 4 is 39.6 Å². The van der Waals surface area contributed by atoms with Crippen molar-refractivity contribution in [3.63, 3.8) is 0 Å². The highest BCUT2D eigenvalue weighted by Gasteiger charge is 2.27. The van der Waals surface area contributed by atoms with Crippen LogP contribution in [0.5, 0.6) is 5.88 Å². The molecule has 7 heteroatoms. The van der Waals surface area contributed by atoms with Crippen LogP contribution in [0.4, 0.5) is 22.9 Å². The van der Waals surface area contributed by atoms with E-state index < -0.39 is 0 Å². The molecule has 0 radical (unpaired) electrons. The van der Waals surface area contributed by atoms with Crippen LogP contribution in [0.1, 0.15) is 36.2 Å². The third-order valence-corrected chi connectivity index (χ3v) is 6.06. The monoisotopic (exact) mass is 427 g/mol. The predicted octanol–water partition coefficient (Wildman–Crippen LogP) is 5.36. The van der Waals surface area contributed by atoms with Crippen LogP contribution in [-0.2, 0) is 5.41 Å². The fourth-order valence-electron chi connectivity index (χ4n) is 4.21. The van der Waals surface area contributed by atoms with Crippen molar-refractivity contribution < 1.29 is 9.90 Å². The van der Waals surface area contributed by atoms with Crippen molar-refractivity contribution in [3.05, 3.63) is 72.1 Å². The van der Waals surface area contributed by atoms with Gasteiger partial charge in [-0.15, -0.1) is 0 Å². The Hall–Kier alpha value is -4.00. The Morgan fingerprint density at radius 1 is 1.12 bits per heavy atom. The number of benzene rings is 2. The van der Waals surface area contributed by atoms with Crippen molar-refractivity contribution in [1.82, 2.24) is 9.97 Å². The number of aromatic amines is 1. The molecule has 7 nitrogen and oxygen atoms in total. The largest absolute Gasteiger partial charge is 0.494 e. The van der Waals surface area contributed by atoms with Gasteiger partial charge in [0.15, 0.2) is 5.88 Å². The number of carbonyl (C=O) groups is 1. The first-order chi connectivity index (χ1) is 15.4. The number of rotatable bonds is 4. The standard InChI is InChI=1S/C25H25N5O2/c1-25(2)9-11-26-21-13-17(7-8-20(21)25)30-24(32)18-4-3-10-27-22(18)29-16-6-5-15-14-28-23(31)19(15)12-16/h3-8,10,12-14,26,28,31H,9,11H2,1-2H3,(H,27,29)(H,30,32). The first-order valence-electron chi connectivity index (χ1n) is 10.6. The molecule has 2 aromatic carbocycles. The van der Waals surface area contributed by atoms with E-state index in [-0.39, 0.29) is 17.2 Å². The van der Waals surface area contributed by atoms with Crippen LogP contribution in [0.3, 0.4) is 0 Å². The van der Waals surface area contributed by atoms with E-state index >= 15 is 0 Å². The minimum Gasteiger partial charge on any atom is -0.494 e. The molecule has 3 heterocycles. The van der Waals surface area contributed by atoms with Gasteiger partial charge in [-0.1, -0.05) is 26.0 Å². The van der Waals surface area contributed by atoms with E-state index in [1.807, 2.05) is 30.3 Å². The van der Waals surface area contributed by atoms with Gasteiger partial charge in [-0.3, -0.25) is 4.79 Å². The second kappa shape index (κ2) is 7.60. The molecule has 1 aliphatic heterocycles. The number of nitrogens with zero attached hydrogens (tertiary/aromatic N) is 1. The van der Waals surface area contributed by atoms with Gasteiger partial charge in [0.2, 0.25) is 0 Å². The highest BCUT2D eigenvalue weighted by molar-refractivity contribution is 6.08. The van der Waals surface area contributed by atoms with E-state index in [0.717, 1.165) is 35.4 Å². The molecule has 0 atom stereocenters. The molecule has 0 unspecified atom stereocenters. The quantitative estimate of drug-likeness (QED) is 0.302. The smallest absolute Gasteiger partial charge is 0.259 e. The van der Waals surface area contributed by atoms with Gasteiger partial charge in [-0.25, -0.2) is 4.98 Å². The maximum Gasteiger partial charge on any atom is 0.259 e. The lowest BCUT2D eigenvalue weighted by molar-refractivity contribution is 0.102. The number of carbonyl (C=O) groups excluding carboxylic acids is 1. The van der Waals surface area contributed by atoms with Gasteiger partial charge in [0.25, 0.3) is 5.91 Å². The zero-order valence-corrected chi connectivity index (χ0v) is 18.0. The Labute approximate surface area is 185 Å². The van der Waals surface area contributed by atoms with Crippen molar-refractivity contribution in [3.8, 4) is 5.88 Å². The molecule has 0 saturated carbocycles. The molecule has 0 fully saturated rings. The van der Waals surface area contributed by atoms with Crippen LogP contribution in [0.25, 0.3) is 10.8 Å². The molecule has 0 aliphatic carbocycles. The summed E-state index contributed by atoms with van der Waals surface area (Å²) in [6.07, 6.45) is 4.45. The van der Waals surface area contributed by atoms with E-state index in [4.69, 9.17) is 0 Å². The topological polar surface area (TPSA) is 102 Å². The van der Waals surface area contributed by atoms with E-state index in [1.54, 1.807) is 24.5 Å². The molecule has 32 heavy (non-hydrogen) atoms. The normalized spacial score (nSPS) is 14.4. The summed E-state index contributed by atoms with van der Waals surface area (Å²) in [7, 11) is 0. The number of hydrogen-bond donors (Lipinski definition) is 5. The Bertz CT molecular complexity index is 1330. The van der Waals surface area contributed by atoms with Crippen molar-refractivity contribution in [2.45, 2.75) is 25.7 Å². The Balaban J connectivity index is 1.39. The summed E-state index contributed by atoms with van der Waals surface area (Å²) in [6, 6.07) is 15.1. The first kappa shape index (κ1) is 19.9. The fourth-order valence-corrected chi connectivity index (χ4v) is 4.21. The summed E-state index contributed by atoms with van der Waals surface area (Å²) in [5.74, 6) is 0.296. The molecular formula is C25H25N5O2. The van der Waals surface area contributed by atoms with Gasteiger partial charge in [-0.05, 0) is 53.8 Å². The van der Waals surface area contributed by atoms with Gasteiger partial charge >= 0.3 is 0 Å². The zero-order valence-electron chi connectivity index (χ0n) is 18.0. The molecule has 1 amide bonds. The van der Waals surface area contributed by atoms with E-state index in [2.05, 4.69) is 45.8 Å². The number of amides is 1. The summed E-state index contributed by atoms with van der Waals surface area (Å²) >= 11 is 0. The predicted molar refractivity (Wildman–Crippen MR) is 128 cm³/mol. The Morgan fingerprint density at radius 3 is 2.84 bits per heavy atom. The molecule has 4 aromatic rings. The number of nitrogens with one attached hydrogen (secondary N) is 4. The minimum atomic E-state index is -0.249. The third kappa shape index (κ3) is 3.62. The Kier molecular flexibility index (Phi) is 4.74. The number of fused-ring (bicyclic) bond motifs is 2. The van der Waals surface area contributed by atoms with Gasteiger partial charge in [0.05, 0.1) is 5.56 Å². The Morgan fingerprint density at radius 2 is 1.97 bits per heavy atom. The van der Waals surface area contributed by atoms with E-state index in [1.165, 1.54) is 5.56 Å². The third-order valence-electron chi connectivity index (χ3n) is 6.06. The molecule has 5 N–H and O–H groups in total. The second-order valence-corrected chi connectivity index (χ2v) is 8.74. The SMILES string of the molecule is CC1(C)CCNc2cc(NC(=O)c3cccnc3Nc3ccc4c[nH]c(O)c4c3)ccc21. The molecular weight excluding hydrogens is 402 g/mol. The summed E-state index contributed by atoms with van der Waals surface area (Å²) in [6.45, 7) is 5.39. The summed E-state index contributed by atoms with van der Waals surface area (Å²) in [4.78, 5) is 20.2. The van der Waals surface area contributed by atoms with Crippen molar-refractivity contribution in [2.75, 3.05) is 22.5 Å². The van der Waals surface area contributed by atoms with Gasteiger partial charge in [-0.2, -0.15) is 0 Å². The molecule has 1 aliphatic rings. The minimum absolute atomic E-state index is 0.104. The number of aromatic nitrogens is 2. The van der Waals surface area contributed by atoms with E-state index in [0.29, 0.717) is 16.8 Å². The van der Waals surface area contributed by atoms with Gasteiger partial charge in [0.1, 0.15) is 5.82 Å². The number of pyridine rings is 1. The molecule has 2 aromatic heterocycles. The average Bonchev–Trinajstić information content (AvgIpc) is 3.14. The first-order valence-corrected chi connectivity index (χ1v) is 10.6. The number of aromatic hydroxyl groups is 1. The second-order valence-electron chi connectivity index (χ2n) is 8.74. The van der Waals surface area contributed by atoms with Crippen LogP contribution in [0.2, 0.25) is 0 Å². The van der Waals surface area contributed by atoms with E-state index in [9.17, 15) is 9.90 Å². The number of anilines is 4. The van der Waals surface area contributed by atoms with Crippen LogP contribution in [-0.4, -0.2) is 27.5 Å². The van der Waals surface area contributed by atoms with Crippen LogP contribution in [0, 0.1) is 0 Å². The molecule has 5 rings (SSSR count). The highest BCUT2D eigenvalue weighted by atomic mass is 16.3. The molecule has 0 saturated heterocycles. The van der Waals surface area contributed by atoms with Crippen LogP contribution >= 0.6 is 0 Å². The van der Waals surface area contributed by atoms with Crippen molar-refractivity contribution in [1.29, 1.82) is 0 Å². The van der Waals surface area contributed by atoms with Gasteiger partial charge < -0.3 is 26.0 Å². The lowest BCUT2D eigenvalue weighted by Gasteiger charge is -2.33. The molecule has 0 spiro atoms. The lowest BCUT2D eigenvalue weighted by atomic mass is 9.78. The highest BCUT2D eigenvalue weighted by Crippen LogP contribution is 2.38. The maximum absolute atomic E-state index is 13.1. The molecule has 0 bridgehead atoms. The summed E-state index contributed by atoms with van der Waals surface area (Å²) in [5, 5.41) is 21.2. The van der Waals surface area contributed by atoms with Crippen LogP contribution < -0.4 is 16.0 Å². The average molecular weight is 428 g/mol.